The molecule has 2 aromatic heterocycles. The zero-order valence-corrected chi connectivity index (χ0v) is 14.3. The smallest absolute Gasteiger partial charge is 0.215 e. The van der Waals surface area contributed by atoms with E-state index >= 15 is 0 Å². The lowest BCUT2D eigenvalue weighted by Gasteiger charge is -2.08. The minimum atomic E-state index is -0.762. The molecule has 4 rings (SSSR count). The number of hydrogen-bond donors (Lipinski definition) is 2. The summed E-state index contributed by atoms with van der Waals surface area (Å²) in [6.45, 7) is 0. The van der Waals surface area contributed by atoms with Crippen LogP contribution in [0.2, 0.25) is 5.02 Å². The van der Waals surface area contributed by atoms with E-state index in [4.69, 9.17) is 27.5 Å². The number of pyridine rings is 1. The zero-order valence-electron chi connectivity index (χ0n) is 13.6. The Kier molecular flexibility index (Phi) is 3.96. The highest BCUT2D eigenvalue weighted by Gasteiger charge is 2.21. The lowest BCUT2D eigenvalue weighted by molar-refractivity contribution is 0.584. The molecule has 136 valence electrons. The monoisotopic (exact) mass is 389 g/mol. The van der Waals surface area contributed by atoms with Crippen molar-refractivity contribution in [3.05, 3.63) is 65.1 Å². The summed E-state index contributed by atoms with van der Waals surface area (Å²) in [6.07, 6.45) is 1.44. The number of rotatable bonds is 2. The van der Waals surface area contributed by atoms with Crippen LogP contribution in [0.25, 0.3) is 33.4 Å². The predicted octanol–water partition coefficient (Wildman–Crippen LogP) is 5.40. The van der Waals surface area contributed by atoms with E-state index in [-0.39, 0.29) is 33.4 Å². The van der Waals surface area contributed by atoms with Gasteiger partial charge in [0, 0.05) is 23.4 Å². The van der Waals surface area contributed by atoms with Gasteiger partial charge in [-0.1, -0.05) is 17.7 Å². The maximum atomic E-state index is 13.6. The number of benzene rings is 2. The van der Waals surface area contributed by atoms with E-state index in [0.29, 0.717) is 16.5 Å². The maximum absolute atomic E-state index is 13.6. The highest BCUT2D eigenvalue weighted by atomic mass is 35.5. The topological polar surface area (TPSA) is 78.1 Å². The molecule has 0 saturated carbocycles. The van der Waals surface area contributed by atoms with Crippen molar-refractivity contribution >= 4 is 34.1 Å². The number of furan rings is 1. The van der Waals surface area contributed by atoms with Gasteiger partial charge in [0.25, 0.3) is 0 Å². The van der Waals surface area contributed by atoms with E-state index in [1.54, 1.807) is 0 Å². The third kappa shape index (κ3) is 2.86. The van der Waals surface area contributed by atoms with Crippen LogP contribution in [-0.4, -0.2) is 4.98 Å². The molecule has 0 aliphatic heterocycles. The first kappa shape index (κ1) is 17.2. The molecule has 0 unspecified atom stereocenters. The van der Waals surface area contributed by atoms with Crippen molar-refractivity contribution in [1.29, 1.82) is 0 Å². The van der Waals surface area contributed by atoms with Crippen molar-refractivity contribution in [2.75, 3.05) is 11.5 Å². The zero-order chi connectivity index (χ0) is 19.3. The van der Waals surface area contributed by atoms with Crippen molar-refractivity contribution in [2.24, 2.45) is 0 Å². The minimum absolute atomic E-state index is 0.0643. The lowest BCUT2D eigenvalue weighted by atomic mass is 10.0. The Morgan fingerprint density at radius 3 is 2.30 bits per heavy atom. The van der Waals surface area contributed by atoms with E-state index in [0.717, 1.165) is 18.2 Å². The van der Waals surface area contributed by atoms with Crippen molar-refractivity contribution in [1.82, 2.24) is 4.98 Å². The lowest BCUT2D eigenvalue weighted by Crippen LogP contribution is -1.93. The van der Waals surface area contributed by atoms with Crippen LogP contribution in [0.5, 0.6) is 0 Å². The summed E-state index contributed by atoms with van der Waals surface area (Å²) >= 11 is 5.86. The average Bonchev–Trinajstić information content (AvgIpc) is 2.91. The normalized spacial score (nSPS) is 11.3. The SMILES string of the molecule is Nc1oc2c(-c3cc(F)cc(F)c3)ncc(-c3ccc(F)c(Cl)c3)c2c1N. The van der Waals surface area contributed by atoms with Gasteiger partial charge in [-0.15, -0.1) is 0 Å². The Balaban J connectivity index is 2.03. The molecule has 4 N–H and O–H groups in total. The standard InChI is InChI=1S/C19H11ClF3N3O/c20-13-5-8(1-2-14(13)23)12-7-26-17(9-3-10(21)6-11(22)4-9)18-15(12)16(24)19(25)27-18/h1-7H,24-25H2. The molecular formula is C19H11ClF3N3O. The summed E-state index contributed by atoms with van der Waals surface area (Å²) in [4.78, 5) is 4.27. The Morgan fingerprint density at radius 1 is 0.926 bits per heavy atom. The number of aromatic nitrogens is 1. The van der Waals surface area contributed by atoms with Gasteiger partial charge in [0.15, 0.2) is 5.58 Å². The van der Waals surface area contributed by atoms with Gasteiger partial charge in [-0.05, 0) is 29.8 Å². The summed E-state index contributed by atoms with van der Waals surface area (Å²) in [5, 5.41) is 0.316. The number of fused-ring (bicyclic) bond motifs is 1. The van der Waals surface area contributed by atoms with Crippen LogP contribution in [0.1, 0.15) is 0 Å². The molecule has 0 aliphatic carbocycles. The molecule has 0 amide bonds. The van der Waals surface area contributed by atoms with Crippen LogP contribution in [0.3, 0.4) is 0 Å². The Morgan fingerprint density at radius 2 is 1.63 bits per heavy atom. The second kappa shape index (κ2) is 6.21. The van der Waals surface area contributed by atoms with E-state index in [1.807, 2.05) is 0 Å². The third-order valence-corrected chi connectivity index (χ3v) is 4.44. The highest BCUT2D eigenvalue weighted by molar-refractivity contribution is 6.31. The average molecular weight is 390 g/mol. The van der Waals surface area contributed by atoms with Crippen LogP contribution in [0, 0.1) is 17.5 Å². The molecule has 8 heteroatoms. The molecule has 0 fully saturated rings. The fourth-order valence-corrected chi connectivity index (χ4v) is 3.11. The number of anilines is 2. The van der Waals surface area contributed by atoms with Gasteiger partial charge in [-0.2, -0.15) is 0 Å². The molecule has 0 saturated heterocycles. The third-order valence-electron chi connectivity index (χ3n) is 4.15. The molecule has 0 aliphatic rings. The minimum Gasteiger partial charge on any atom is -0.436 e. The molecule has 0 radical (unpaired) electrons. The molecule has 0 atom stereocenters. The van der Waals surface area contributed by atoms with E-state index < -0.39 is 17.5 Å². The predicted molar refractivity (Wildman–Crippen MR) is 98.6 cm³/mol. The molecule has 4 nitrogen and oxygen atoms in total. The molecular weight excluding hydrogens is 379 g/mol. The Hall–Kier alpha value is -3.19. The first-order valence-corrected chi connectivity index (χ1v) is 8.11. The largest absolute Gasteiger partial charge is 0.436 e. The number of nitrogen functional groups attached to an aromatic ring is 2. The van der Waals surface area contributed by atoms with Gasteiger partial charge in [0.05, 0.1) is 10.4 Å². The molecule has 2 aromatic carbocycles. The quantitative estimate of drug-likeness (QED) is 0.481. The van der Waals surface area contributed by atoms with Gasteiger partial charge < -0.3 is 15.9 Å². The van der Waals surface area contributed by atoms with Crippen LogP contribution in [0.4, 0.5) is 24.7 Å². The van der Waals surface area contributed by atoms with Crippen LogP contribution in [0.15, 0.2) is 47.0 Å². The summed E-state index contributed by atoms with van der Waals surface area (Å²) in [5.74, 6) is -2.16. The van der Waals surface area contributed by atoms with Crippen molar-refractivity contribution < 1.29 is 17.6 Å². The van der Waals surface area contributed by atoms with E-state index in [9.17, 15) is 13.2 Å². The maximum Gasteiger partial charge on any atom is 0.215 e. The summed E-state index contributed by atoms with van der Waals surface area (Å²) in [7, 11) is 0. The molecule has 2 heterocycles. The fraction of sp³-hybridized carbons (Fsp3) is 0. The molecule has 0 spiro atoms. The van der Waals surface area contributed by atoms with Crippen molar-refractivity contribution in [2.45, 2.75) is 0 Å². The molecule has 0 bridgehead atoms. The Labute approximate surface area is 156 Å². The summed E-state index contributed by atoms with van der Waals surface area (Å²) in [5.41, 5.74) is 13.5. The molecule has 4 aromatic rings. The van der Waals surface area contributed by atoms with Crippen LogP contribution < -0.4 is 11.5 Å². The van der Waals surface area contributed by atoms with Gasteiger partial charge >= 0.3 is 0 Å². The van der Waals surface area contributed by atoms with Gasteiger partial charge in [0.1, 0.15) is 28.8 Å². The first-order valence-electron chi connectivity index (χ1n) is 7.73. The summed E-state index contributed by atoms with van der Waals surface area (Å²) in [6, 6.07) is 7.11. The Bertz CT molecular complexity index is 1190. The van der Waals surface area contributed by atoms with Gasteiger partial charge in [-0.25, -0.2) is 13.2 Å². The number of nitrogens with zero attached hydrogens (tertiary/aromatic N) is 1. The van der Waals surface area contributed by atoms with Crippen LogP contribution >= 0.6 is 11.6 Å². The van der Waals surface area contributed by atoms with Crippen molar-refractivity contribution in [3.63, 3.8) is 0 Å². The van der Waals surface area contributed by atoms with Crippen molar-refractivity contribution in [3.8, 4) is 22.4 Å². The number of halogens is 4. The second-order valence-corrected chi connectivity index (χ2v) is 6.30. The molecule has 27 heavy (non-hydrogen) atoms. The highest BCUT2D eigenvalue weighted by Crippen LogP contribution is 2.42. The van der Waals surface area contributed by atoms with E-state index in [1.165, 1.54) is 24.4 Å². The van der Waals surface area contributed by atoms with Gasteiger partial charge in [0.2, 0.25) is 5.88 Å². The number of hydrogen-bond acceptors (Lipinski definition) is 4. The second-order valence-electron chi connectivity index (χ2n) is 5.89. The van der Waals surface area contributed by atoms with E-state index in [2.05, 4.69) is 4.98 Å². The number of nitrogens with two attached hydrogens (primary N) is 2. The summed E-state index contributed by atoms with van der Waals surface area (Å²) < 4.78 is 46.3. The van der Waals surface area contributed by atoms with Gasteiger partial charge in [-0.3, -0.25) is 4.98 Å². The first-order chi connectivity index (χ1) is 12.8. The van der Waals surface area contributed by atoms with Crippen LogP contribution in [-0.2, 0) is 0 Å². The fourth-order valence-electron chi connectivity index (χ4n) is 2.93.